The van der Waals surface area contributed by atoms with Gasteiger partial charge in [-0.15, -0.1) is 0 Å². The van der Waals surface area contributed by atoms with Gasteiger partial charge in [0.25, 0.3) is 5.91 Å². The second-order valence-corrected chi connectivity index (χ2v) is 12.0. The van der Waals surface area contributed by atoms with Gasteiger partial charge in [0.1, 0.15) is 22.2 Å². The summed E-state index contributed by atoms with van der Waals surface area (Å²) in [6.07, 6.45) is 0.645. The van der Waals surface area contributed by atoms with Crippen LogP contribution in [0.2, 0.25) is 0 Å². The summed E-state index contributed by atoms with van der Waals surface area (Å²) >= 11 is 0. The SMILES string of the molecule is COc1ccc(F)cc1S(=O)(=O)N1CCCC(C(=O)N2CC(C(=O)NCCc3ccccc3)Oc3ccccc32)C1. The van der Waals surface area contributed by atoms with Gasteiger partial charge in [0, 0.05) is 19.6 Å². The van der Waals surface area contributed by atoms with Crippen molar-refractivity contribution in [1.82, 2.24) is 9.62 Å². The van der Waals surface area contributed by atoms with Crippen molar-refractivity contribution >= 4 is 27.5 Å². The molecule has 216 valence electrons. The molecule has 1 N–H and O–H groups in total. The van der Waals surface area contributed by atoms with E-state index in [-0.39, 0.29) is 42.1 Å². The fraction of sp³-hybridized carbons (Fsp3) is 0.333. The molecule has 1 fully saturated rings. The summed E-state index contributed by atoms with van der Waals surface area (Å²) < 4.78 is 53.3. The lowest BCUT2D eigenvalue weighted by molar-refractivity contribution is -0.129. The van der Waals surface area contributed by atoms with Crippen LogP contribution >= 0.6 is 0 Å². The molecule has 2 amide bonds. The average molecular weight is 582 g/mol. The third-order valence-corrected chi connectivity index (χ3v) is 9.25. The van der Waals surface area contributed by atoms with E-state index in [9.17, 15) is 22.4 Å². The maximum atomic E-state index is 14.0. The Bertz CT molecular complexity index is 1520. The molecule has 41 heavy (non-hydrogen) atoms. The van der Waals surface area contributed by atoms with E-state index in [0.29, 0.717) is 37.2 Å². The Morgan fingerprint density at radius 3 is 2.59 bits per heavy atom. The molecule has 1 saturated heterocycles. The van der Waals surface area contributed by atoms with Crippen LogP contribution in [0.25, 0.3) is 0 Å². The van der Waals surface area contributed by atoms with Crippen molar-refractivity contribution in [2.24, 2.45) is 5.92 Å². The number of nitrogens with one attached hydrogen (secondary N) is 1. The van der Waals surface area contributed by atoms with Crippen LogP contribution in [-0.4, -0.2) is 63.9 Å². The highest BCUT2D eigenvalue weighted by molar-refractivity contribution is 7.89. The third-order valence-electron chi connectivity index (χ3n) is 7.36. The van der Waals surface area contributed by atoms with Crippen LogP contribution in [0.4, 0.5) is 10.1 Å². The summed E-state index contributed by atoms with van der Waals surface area (Å²) in [5.41, 5.74) is 1.62. The van der Waals surface area contributed by atoms with Gasteiger partial charge in [-0.3, -0.25) is 9.59 Å². The van der Waals surface area contributed by atoms with Crippen molar-refractivity contribution in [3.8, 4) is 11.5 Å². The van der Waals surface area contributed by atoms with E-state index in [4.69, 9.17) is 9.47 Å². The van der Waals surface area contributed by atoms with E-state index in [0.717, 1.165) is 17.7 Å². The highest BCUT2D eigenvalue weighted by Gasteiger charge is 2.40. The first-order valence-electron chi connectivity index (χ1n) is 13.5. The van der Waals surface area contributed by atoms with E-state index in [1.807, 2.05) is 30.3 Å². The number of sulfonamides is 1. The number of piperidine rings is 1. The molecule has 0 radical (unpaired) electrons. The zero-order valence-electron chi connectivity index (χ0n) is 22.7. The molecule has 2 unspecified atom stereocenters. The maximum Gasteiger partial charge on any atom is 0.262 e. The fourth-order valence-corrected chi connectivity index (χ4v) is 6.93. The zero-order valence-corrected chi connectivity index (χ0v) is 23.5. The summed E-state index contributed by atoms with van der Waals surface area (Å²) in [4.78, 5) is 28.2. The maximum absolute atomic E-state index is 14.0. The van der Waals surface area contributed by atoms with E-state index < -0.39 is 27.9 Å². The minimum absolute atomic E-state index is 0.00597. The van der Waals surface area contributed by atoms with Crippen LogP contribution in [-0.2, 0) is 26.0 Å². The van der Waals surface area contributed by atoms with Crippen molar-refractivity contribution in [2.75, 3.05) is 38.2 Å². The number of carbonyl (C=O) groups excluding carboxylic acids is 2. The number of nitrogens with zero attached hydrogens (tertiary/aromatic N) is 2. The Hall–Kier alpha value is -3.96. The molecule has 0 bridgehead atoms. The number of amides is 2. The molecular weight excluding hydrogens is 549 g/mol. The number of methoxy groups -OCH3 is 1. The Balaban J connectivity index is 1.31. The summed E-state index contributed by atoms with van der Waals surface area (Å²) in [7, 11) is -2.82. The fourth-order valence-electron chi connectivity index (χ4n) is 5.24. The molecule has 9 nitrogen and oxygen atoms in total. The molecular formula is C30H32FN3O6S. The molecule has 3 aromatic carbocycles. The van der Waals surface area contributed by atoms with E-state index in [1.165, 1.54) is 22.4 Å². The van der Waals surface area contributed by atoms with Crippen LogP contribution in [0.5, 0.6) is 11.5 Å². The van der Waals surface area contributed by atoms with Crippen molar-refractivity contribution in [2.45, 2.75) is 30.3 Å². The summed E-state index contributed by atoms with van der Waals surface area (Å²) in [6.45, 7) is 0.525. The van der Waals surface area contributed by atoms with E-state index >= 15 is 0 Å². The number of benzene rings is 3. The van der Waals surface area contributed by atoms with Crippen LogP contribution < -0.4 is 19.7 Å². The first-order chi connectivity index (χ1) is 19.8. The predicted octanol–water partition coefficient (Wildman–Crippen LogP) is 3.39. The number of carbonyl (C=O) groups is 2. The van der Waals surface area contributed by atoms with Crippen molar-refractivity contribution < 1.29 is 31.9 Å². The van der Waals surface area contributed by atoms with Crippen molar-refractivity contribution in [1.29, 1.82) is 0 Å². The van der Waals surface area contributed by atoms with Gasteiger partial charge < -0.3 is 19.7 Å². The third kappa shape index (κ3) is 6.20. The predicted molar refractivity (Wildman–Crippen MR) is 151 cm³/mol. The molecule has 2 atom stereocenters. The highest BCUT2D eigenvalue weighted by Crippen LogP contribution is 2.36. The average Bonchev–Trinajstić information content (AvgIpc) is 3.00. The zero-order chi connectivity index (χ0) is 29.0. The smallest absolute Gasteiger partial charge is 0.262 e. The molecule has 2 aliphatic rings. The Morgan fingerprint density at radius 2 is 1.80 bits per heavy atom. The lowest BCUT2D eigenvalue weighted by atomic mass is 9.97. The monoisotopic (exact) mass is 581 g/mol. The highest BCUT2D eigenvalue weighted by atomic mass is 32.2. The van der Waals surface area contributed by atoms with Gasteiger partial charge >= 0.3 is 0 Å². The van der Waals surface area contributed by atoms with E-state index in [1.54, 1.807) is 24.3 Å². The Labute approximate surface area is 238 Å². The summed E-state index contributed by atoms with van der Waals surface area (Å²) in [6, 6.07) is 20.1. The minimum Gasteiger partial charge on any atom is -0.495 e. The van der Waals surface area contributed by atoms with Gasteiger partial charge in [-0.1, -0.05) is 42.5 Å². The van der Waals surface area contributed by atoms with E-state index in [2.05, 4.69) is 5.32 Å². The number of hydrogen-bond donors (Lipinski definition) is 1. The van der Waals surface area contributed by atoms with Crippen molar-refractivity contribution in [3.63, 3.8) is 0 Å². The van der Waals surface area contributed by atoms with Crippen LogP contribution in [0.3, 0.4) is 0 Å². The minimum atomic E-state index is -4.13. The van der Waals surface area contributed by atoms with Gasteiger partial charge in [-0.2, -0.15) is 4.31 Å². The quantitative estimate of drug-likeness (QED) is 0.437. The van der Waals surface area contributed by atoms with Crippen LogP contribution in [0.1, 0.15) is 18.4 Å². The van der Waals surface area contributed by atoms with Gasteiger partial charge in [0.2, 0.25) is 15.9 Å². The first kappa shape index (κ1) is 28.6. The molecule has 0 spiro atoms. The largest absolute Gasteiger partial charge is 0.495 e. The molecule has 5 rings (SSSR count). The number of hydrogen-bond acceptors (Lipinski definition) is 6. The number of halogens is 1. The van der Waals surface area contributed by atoms with Gasteiger partial charge in [0.15, 0.2) is 6.10 Å². The number of ether oxygens (including phenoxy) is 2. The van der Waals surface area contributed by atoms with Gasteiger partial charge in [-0.05, 0) is 55.2 Å². The van der Waals surface area contributed by atoms with Crippen LogP contribution in [0, 0.1) is 11.7 Å². The summed E-state index contributed by atoms with van der Waals surface area (Å²) in [5.74, 6) is -1.56. The lowest BCUT2D eigenvalue weighted by Gasteiger charge is -2.38. The molecule has 11 heteroatoms. The Kier molecular flexibility index (Phi) is 8.55. The van der Waals surface area contributed by atoms with Crippen LogP contribution in [0.15, 0.2) is 77.7 Å². The Morgan fingerprint density at radius 1 is 1.05 bits per heavy atom. The van der Waals surface area contributed by atoms with Gasteiger partial charge in [-0.25, -0.2) is 12.8 Å². The molecule has 0 aromatic heterocycles. The second kappa shape index (κ2) is 12.3. The lowest BCUT2D eigenvalue weighted by Crippen LogP contribution is -2.54. The number of rotatable bonds is 8. The first-order valence-corrected chi connectivity index (χ1v) is 14.9. The number of fused-ring (bicyclic) bond motifs is 1. The molecule has 2 aliphatic heterocycles. The van der Waals surface area contributed by atoms with Gasteiger partial charge in [0.05, 0.1) is 25.3 Å². The number of anilines is 1. The second-order valence-electron chi connectivity index (χ2n) is 10.0. The molecule has 0 aliphatic carbocycles. The topological polar surface area (TPSA) is 105 Å². The standard InChI is InChI=1S/C30H32FN3O6S/c1-39-26-14-13-23(31)18-28(26)41(37,38)33-17-7-10-22(19-33)30(36)34-20-27(40-25-12-6-5-11-24(25)34)29(35)32-16-15-21-8-3-2-4-9-21/h2-6,8-9,11-14,18,22,27H,7,10,15-17,19-20H2,1H3,(H,32,35). The summed E-state index contributed by atoms with van der Waals surface area (Å²) in [5, 5.41) is 2.90. The van der Waals surface area contributed by atoms with Crippen molar-refractivity contribution in [3.05, 3.63) is 84.2 Å². The number of para-hydroxylation sites is 2. The molecule has 3 aromatic rings. The normalized spacial score (nSPS) is 19.1. The molecule has 2 heterocycles. The molecule has 0 saturated carbocycles.